The standard InChI is InChI=1S/C40H45N3O/c1-26(2)28-12-17-33-30(22-28)14-19-37-39(3,20-9-21-40(33,37)4)25-43-35-18-13-29(27-10-7-6-8-11-27)23-34(35)42-38(43)32-16-15-31(41)24-36(32)44-5/h6-8,10-13,15-18,22-24,26,37H,9,14,19-21,25,41H2,1-5H3/t37-,39+,40+/m0/s1. The number of anilines is 1. The number of nitrogen functional groups attached to an aromatic ring is 1. The van der Waals surface area contributed by atoms with Crippen LogP contribution in [0.3, 0.4) is 0 Å². The largest absolute Gasteiger partial charge is 0.496 e. The van der Waals surface area contributed by atoms with Crippen molar-refractivity contribution in [2.45, 2.75) is 77.7 Å². The fourth-order valence-electron chi connectivity index (χ4n) is 8.75. The molecule has 226 valence electrons. The van der Waals surface area contributed by atoms with E-state index in [1.54, 1.807) is 18.2 Å². The SMILES string of the molecule is COc1cc(N)ccc1-c1nc2cc(-c3ccccc3)ccc2n1C[C@@]1(C)CCC[C@]2(C)c3ccc(C(C)C)cc3CC[C@@H]12. The fourth-order valence-corrected chi connectivity index (χ4v) is 8.75. The minimum absolute atomic E-state index is 0.114. The Labute approximate surface area is 262 Å². The Hall–Kier alpha value is -4.05. The maximum Gasteiger partial charge on any atom is 0.144 e. The van der Waals surface area contributed by atoms with Gasteiger partial charge in [-0.15, -0.1) is 0 Å². The molecular formula is C40H45N3O. The molecule has 5 aromatic rings. The highest BCUT2D eigenvalue weighted by Crippen LogP contribution is 2.58. The predicted molar refractivity (Wildman–Crippen MR) is 183 cm³/mol. The van der Waals surface area contributed by atoms with Crippen molar-refractivity contribution in [1.29, 1.82) is 0 Å². The number of methoxy groups -OCH3 is 1. The van der Waals surface area contributed by atoms with Crippen LogP contribution in [0.15, 0.2) is 84.9 Å². The third-order valence-corrected chi connectivity index (χ3v) is 11.0. The van der Waals surface area contributed by atoms with Crippen molar-refractivity contribution in [1.82, 2.24) is 9.55 Å². The first-order chi connectivity index (χ1) is 21.2. The number of rotatable bonds is 6. The number of imidazole rings is 1. The Morgan fingerprint density at radius 2 is 1.75 bits per heavy atom. The van der Waals surface area contributed by atoms with Crippen molar-refractivity contribution in [3.8, 4) is 28.3 Å². The predicted octanol–water partition coefficient (Wildman–Crippen LogP) is 9.79. The monoisotopic (exact) mass is 583 g/mol. The Morgan fingerprint density at radius 1 is 0.932 bits per heavy atom. The first-order valence-electron chi connectivity index (χ1n) is 16.3. The fraction of sp³-hybridized carbons (Fsp3) is 0.375. The minimum atomic E-state index is 0.114. The van der Waals surface area contributed by atoms with Crippen LogP contribution in [-0.2, 0) is 18.4 Å². The molecule has 0 unspecified atom stereocenters. The highest BCUT2D eigenvalue weighted by Gasteiger charge is 2.52. The summed E-state index contributed by atoms with van der Waals surface area (Å²) in [6.45, 7) is 10.6. The average Bonchev–Trinajstić information content (AvgIpc) is 3.37. The summed E-state index contributed by atoms with van der Waals surface area (Å²) in [5.41, 5.74) is 17.4. The molecule has 1 aromatic heterocycles. The molecule has 3 atom stereocenters. The minimum Gasteiger partial charge on any atom is -0.496 e. The molecule has 2 aliphatic rings. The van der Waals surface area contributed by atoms with Gasteiger partial charge in [0, 0.05) is 18.3 Å². The third-order valence-electron chi connectivity index (χ3n) is 11.0. The van der Waals surface area contributed by atoms with E-state index in [9.17, 15) is 0 Å². The van der Waals surface area contributed by atoms with Gasteiger partial charge < -0.3 is 15.0 Å². The van der Waals surface area contributed by atoms with Crippen molar-refractivity contribution in [3.63, 3.8) is 0 Å². The molecule has 0 saturated heterocycles. The second-order valence-electron chi connectivity index (χ2n) is 14.1. The summed E-state index contributed by atoms with van der Waals surface area (Å²) in [7, 11) is 1.72. The van der Waals surface area contributed by atoms with Gasteiger partial charge >= 0.3 is 0 Å². The number of aryl methyl sites for hydroxylation is 1. The third kappa shape index (κ3) is 4.70. The zero-order valence-electron chi connectivity index (χ0n) is 26.9. The molecule has 4 aromatic carbocycles. The van der Waals surface area contributed by atoms with E-state index in [1.807, 2.05) is 12.1 Å². The lowest BCUT2D eigenvalue weighted by Crippen LogP contribution is -2.50. The van der Waals surface area contributed by atoms with Crippen LogP contribution in [0, 0.1) is 11.3 Å². The second-order valence-corrected chi connectivity index (χ2v) is 14.1. The van der Waals surface area contributed by atoms with Crippen LogP contribution < -0.4 is 10.5 Å². The molecule has 4 nitrogen and oxygen atoms in total. The van der Waals surface area contributed by atoms with Crippen molar-refractivity contribution in [2.75, 3.05) is 12.8 Å². The summed E-state index contributed by atoms with van der Waals surface area (Å²) in [5.74, 6) is 2.86. The number of benzene rings is 4. The number of ether oxygens (including phenoxy) is 1. The van der Waals surface area contributed by atoms with Gasteiger partial charge in [-0.3, -0.25) is 0 Å². The first-order valence-corrected chi connectivity index (χ1v) is 16.3. The highest BCUT2D eigenvalue weighted by atomic mass is 16.5. The molecular weight excluding hydrogens is 538 g/mol. The van der Waals surface area contributed by atoms with Gasteiger partial charge in [0.05, 0.1) is 23.7 Å². The summed E-state index contributed by atoms with van der Waals surface area (Å²) in [6.07, 6.45) is 6.10. The van der Waals surface area contributed by atoms with E-state index in [4.69, 9.17) is 15.5 Å². The van der Waals surface area contributed by atoms with E-state index in [2.05, 4.69) is 105 Å². The van der Waals surface area contributed by atoms with Crippen molar-refractivity contribution in [3.05, 3.63) is 102 Å². The molecule has 1 heterocycles. The maximum absolute atomic E-state index is 6.19. The number of fused-ring (bicyclic) bond motifs is 4. The van der Waals surface area contributed by atoms with Gasteiger partial charge in [-0.2, -0.15) is 0 Å². The van der Waals surface area contributed by atoms with Gasteiger partial charge in [0.1, 0.15) is 11.6 Å². The van der Waals surface area contributed by atoms with Gasteiger partial charge in [-0.1, -0.05) is 88.7 Å². The topological polar surface area (TPSA) is 53.1 Å². The summed E-state index contributed by atoms with van der Waals surface area (Å²) >= 11 is 0. The van der Waals surface area contributed by atoms with Gasteiger partial charge in [-0.05, 0) is 100 Å². The molecule has 4 heteroatoms. The van der Waals surface area contributed by atoms with E-state index in [-0.39, 0.29) is 10.8 Å². The zero-order chi connectivity index (χ0) is 30.6. The van der Waals surface area contributed by atoms with Crippen LogP contribution in [0.25, 0.3) is 33.5 Å². The molecule has 1 saturated carbocycles. The molecule has 44 heavy (non-hydrogen) atoms. The van der Waals surface area contributed by atoms with E-state index >= 15 is 0 Å². The summed E-state index contributed by atoms with van der Waals surface area (Å²) in [5, 5.41) is 0. The Kier molecular flexibility index (Phi) is 7.07. The van der Waals surface area contributed by atoms with Crippen molar-refractivity contribution in [2.24, 2.45) is 11.3 Å². The van der Waals surface area contributed by atoms with E-state index in [0.29, 0.717) is 17.5 Å². The lowest BCUT2D eigenvalue weighted by Gasteiger charge is -2.56. The summed E-state index contributed by atoms with van der Waals surface area (Å²) < 4.78 is 8.36. The van der Waals surface area contributed by atoms with Crippen LogP contribution >= 0.6 is 0 Å². The molecule has 0 spiro atoms. The van der Waals surface area contributed by atoms with Gasteiger partial charge in [0.25, 0.3) is 0 Å². The molecule has 2 aliphatic carbocycles. The molecule has 2 N–H and O–H groups in total. The number of hydrogen-bond donors (Lipinski definition) is 1. The molecule has 1 fully saturated rings. The Morgan fingerprint density at radius 3 is 2.52 bits per heavy atom. The first kappa shape index (κ1) is 28.7. The van der Waals surface area contributed by atoms with Crippen LogP contribution in [0.4, 0.5) is 5.69 Å². The molecule has 0 amide bonds. The molecule has 0 bridgehead atoms. The van der Waals surface area contributed by atoms with E-state index in [0.717, 1.165) is 35.6 Å². The lowest BCUT2D eigenvalue weighted by atomic mass is 9.49. The number of aromatic nitrogens is 2. The van der Waals surface area contributed by atoms with Crippen molar-refractivity contribution >= 4 is 16.7 Å². The molecule has 0 aliphatic heterocycles. The smallest absolute Gasteiger partial charge is 0.144 e. The highest BCUT2D eigenvalue weighted by molar-refractivity contribution is 5.86. The van der Waals surface area contributed by atoms with Gasteiger partial charge in [-0.25, -0.2) is 4.98 Å². The Balaban J connectivity index is 1.35. The van der Waals surface area contributed by atoms with E-state index in [1.165, 1.54) is 47.9 Å². The summed E-state index contributed by atoms with van der Waals surface area (Å²) in [4.78, 5) is 5.33. The normalized spacial score (nSPS) is 23.0. The van der Waals surface area contributed by atoms with Gasteiger partial charge in [0.15, 0.2) is 0 Å². The van der Waals surface area contributed by atoms with Crippen LogP contribution in [0.2, 0.25) is 0 Å². The number of hydrogen-bond acceptors (Lipinski definition) is 3. The van der Waals surface area contributed by atoms with Crippen molar-refractivity contribution < 1.29 is 4.74 Å². The zero-order valence-corrected chi connectivity index (χ0v) is 26.9. The van der Waals surface area contributed by atoms with Gasteiger partial charge in [0.2, 0.25) is 0 Å². The number of nitrogens with zero attached hydrogens (tertiary/aromatic N) is 2. The molecule has 7 rings (SSSR count). The lowest BCUT2D eigenvalue weighted by molar-refractivity contribution is 0.0130. The maximum atomic E-state index is 6.19. The Bertz CT molecular complexity index is 1840. The van der Waals surface area contributed by atoms with Crippen LogP contribution in [0.1, 0.15) is 76.0 Å². The van der Waals surface area contributed by atoms with E-state index < -0.39 is 0 Å². The quantitative estimate of drug-likeness (QED) is 0.202. The summed E-state index contributed by atoms with van der Waals surface area (Å²) in [6, 6.07) is 30.7. The van der Waals surface area contributed by atoms with Crippen LogP contribution in [-0.4, -0.2) is 16.7 Å². The second kappa shape index (κ2) is 10.8. The number of nitrogens with two attached hydrogens (primary N) is 1. The average molecular weight is 584 g/mol. The molecule has 0 radical (unpaired) electrons. The van der Waals surface area contributed by atoms with Crippen LogP contribution in [0.5, 0.6) is 5.75 Å².